The van der Waals surface area contributed by atoms with Crippen molar-refractivity contribution in [3.8, 4) is 0 Å². The summed E-state index contributed by atoms with van der Waals surface area (Å²) >= 11 is 0. The third-order valence-corrected chi connectivity index (χ3v) is 5.90. The molecular weight excluding hydrogens is 342 g/mol. The number of aliphatic hydroxyl groups excluding tert-OH is 1. The van der Waals surface area contributed by atoms with E-state index in [9.17, 15) is 23.1 Å². The molecule has 0 saturated heterocycles. The van der Waals surface area contributed by atoms with Crippen LogP contribution in [-0.2, 0) is 19.6 Å². The Morgan fingerprint density at radius 3 is 2.12 bits per heavy atom. The number of primary sulfonamides is 1. The number of Topliss-reactive ketones (excluding diaryl/α,β-unsaturated/α-hetero) is 2. The lowest BCUT2D eigenvalue weighted by molar-refractivity contribution is -0.124. The number of allylic oxidation sites excluding steroid dienone is 2. The molecular formula is C18H23NO5S. The first-order valence-corrected chi connectivity index (χ1v) is 9.65. The van der Waals surface area contributed by atoms with E-state index in [2.05, 4.69) is 0 Å². The van der Waals surface area contributed by atoms with Gasteiger partial charge in [-0.1, -0.05) is 13.0 Å². The number of aliphatic hydroxyl groups is 1. The number of rotatable bonds is 3. The van der Waals surface area contributed by atoms with Crippen molar-refractivity contribution in [2.24, 2.45) is 5.14 Å². The zero-order valence-corrected chi connectivity index (χ0v) is 15.7. The van der Waals surface area contributed by atoms with Crippen LogP contribution in [0.4, 0.5) is 0 Å². The lowest BCUT2D eigenvalue weighted by Crippen LogP contribution is -2.27. The summed E-state index contributed by atoms with van der Waals surface area (Å²) in [6.45, 7) is 6.81. The van der Waals surface area contributed by atoms with E-state index in [1.165, 1.54) is 0 Å². The molecule has 1 saturated carbocycles. The third kappa shape index (κ3) is 3.52. The van der Waals surface area contributed by atoms with Gasteiger partial charge in [0.1, 0.15) is 5.76 Å². The summed E-state index contributed by atoms with van der Waals surface area (Å²) < 4.78 is 23.9. The van der Waals surface area contributed by atoms with Gasteiger partial charge in [0, 0.05) is 19.3 Å². The van der Waals surface area contributed by atoms with Crippen LogP contribution in [0.3, 0.4) is 0 Å². The van der Waals surface area contributed by atoms with Crippen molar-refractivity contribution in [3.63, 3.8) is 0 Å². The van der Waals surface area contributed by atoms with Gasteiger partial charge in [-0.15, -0.1) is 0 Å². The molecule has 3 N–H and O–H groups in total. The molecule has 6 nitrogen and oxygen atoms in total. The van der Waals surface area contributed by atoms with Gasteiger partial charge in [0.15, 0.2) is 11.6 Å². The van der Waals surface area contributed by atoms with E-state index in [-0.39, 0.29) is 35.5 Å². The predicted octanol–water partition coefficient (Wildman–Crippen LogP) is 2.50. The number of carbonyl (C=O) groups is 2. The molecule has 1 aromatic rings. The maximum absolute atomic E-state index is 12.4. The summed E-state index contributed by atoms with van der Waals surface area (Å²) in [7, 11) is -3.92. The molecule has 0 radical (unpaired) electrons. The average molecular weight is 365 g/mol. The first-order valence-electron chi connectivity index (χ1n) is 8.11. The fourth-order valence-electron chi connectivity index (χ4n) is 3.83. The second-order valence-corrected chi connectivity index (χ2v) is 8.05. The molecule has 2 rings (SSSR count). The van der Waals surface area contributed by atoms with Gasteiger partial charge in [-0.05, 0) is 48.9 Å². The molecule has 0 bridgehead atoms. The van der Waals surface area contributed by atoms with E-state index in [0.717, 1.165) is 5.56 Å². The van der Waals surface area contributed by atoms with Crippen molar-refractivity contribution in [1.29, 1.82) is 0 Å². The van der Waals surface area contributed by atoms with Crippen LogP contribution in [0.15, 0.2) is 22.3 Å². The Hall–Kier alpha value is -1.99. The van der Waals surface area contributed by atoms with E-state index in [0.29, 0.717) is 16.7 Å². The van der Waals surface area contributed by atoms with Gasteiger partial charge in [0.25, 0.3) is 0 Å². The number of sulfonamides is 1. The first kappa shape index (κ1) is 19.3. The number of benzene rings is 1. The Labute approximate surface area is 147 Å². The smallest absolute Gasteiger partial charge is 0.238 e. The predicted molar refractivity (Wildman–Crippen MR) is 94.0 cm³/mol. The minimum absolute atomic E-state index is 0.0470. The Kier molecular flexibility index (Phi) is 5.20. The highest BCUT2D eigenvalue weighted by atomic mass is 32.2. The second-order valence-electron chi connectivity index (χ2n) is 6.55. The molecule has 1 fully saturated rings. The number of carbonyl (C=O) groups excluding carboxylic acids is 2. The molecule has 0 heterocycles. The molecule has 1 aliphatic rings. The summed E-state index contributed by atoms with van der Waals surface area (Å²) in [4.78, 5) is 24.8. The Morgan fingerprint density at radius 1 is 1.16 bits per heavy atom. The highest BCUT2D eigenvalue weighted by Crippen LogP contribution is 2.38. The standard InChI is InChI=1S/C18H23NO5S/c1-5-13(20)17-14(21)7-12(8-15(17)22)16-9(2)6-10(3)18(11(16)4)25(19,23)24/h6,12,20H,5,7-8H2,1-4H3,(H2,19,23,24). The second kappa shape index (κ2) is 6.72. The van der Waals surface area contributed by atoms with E-state index < -0.39 is 27.5 Å². The van der Waals surface area contributed by atoms with Gasteiger partial charge in [0.05, 0.1) is 10.5 Å². The Balaban J connectivity index is 2.59. The van der Waals surface area contributed by atoms with Crippen molar-refractivity contribution in [2.75, 3.05) is 0 Å². The lowest BCUT2D eigenvalue weighted by atomic mass is 9.76. The summed E-state index contributed by atoms with van der Waals surface area (Å²) in [5, 5.41) is 15.2. The first-order chi connectivity index (χ1) is 11.5. The van der Waals surface area contributed by atoms with Crippen LogP contribution in [0.25, 0.3) is 0 Å². The molecule has 136 valence electrons. The van der Waals surface area contributed by atoms with Gasteiger partial charge in [0.2, 0.25) is 10.0 Å². The molecule has 0 aromatic heterocycles. The van der Waals surface area contributed by atoms with Crippen LogP contribution in [0.2, 0.25) is 0 Å². The zero-order chi connectivity index (χ0) is 19.1. The topological polar surface area (TPSA) is 115 Å². The van der Waals surface area contributed by atoms with Crippen molar-refractivity contribution < 1.29 is 23.1 Å². The number of aryl methyl sites for hydroxylation is 2. The molecule has 7 heteroatoms. The van der Waals surface area contributed by atoms with Gasteiger partial charge in [-0.25, -0.2) is 13.6 Å². The lowest BCUT2D eigenvalue weighted by Gasteiger charge is -2.27. The molecule has 25 heavy (non-hydrogen) atoms. The quantitative estimate of drug-likeness (QED) is 0.485. The fourth-order valence-corrected chi connectivity index (χ4v) is 4.87. The van der Waals surface area contributed by atoms with E-state index in [1.807, 2.05) is 6.92 Å². The van der Waals surface area contributed by atoms with Crippen LogP contribution >= 0.6 is 0 Å². The van der Waals surface area contributed by atoms with Crippen LogP contribution < -0.4 is 5.14 Å². The van der Waals surface area contributed by atoms with Crippen LogP contribution in [-0.4, -0.2) is 25.1 Å². The molecule has 1 aliphatic carbocycles. The van der Waals surface area contributed by atoms with Gasteiger partial charge in [-0.3, -0.25) is 9.59 Å². The van der Waals surface area contributed by atoms with Crippen LogP contribution in [0, 0.1) is 20.8 Å². The summed E-state index contributed by atoms with van der Waals surface area (Å²) in [6.07, 6.45) is 0.329. The minimum atomic E-state index is -3.92. The summed E-state index contributed by atoms with van der Waals surface area (Å²) in [5.74, 6) is -1.42. The maximum Gasteiger partial charge on any atom is 0.238 e. The largest absolute Gasteiger partial charge is 0.511 e. The number of hydrogen-bond donors (Lipinski definition) is 2. The monoisotopic (exact) mass is 365 g/mol. The minimum Gasteiger partial charge on any atom is -0.511 e. The van der Waals surface area contributed by atoms with E-state index in [1.54, 1.807) is 26.8 Å². The number of nitrogens with two attached hydrogens (primary N) is 1. The Bertz CT molecular complexity index is 877. The molecule has 0 unspecified atom stereocenters. The average Bonchev–Trinajstić information content (AvgIpc) is 2.43. The molecule has 0 atom stereocenters. The van der Waals surface area contributed by atoms with Gasteiger partial charge in [-0.2, -0.15) is 0 Å². The molecule has 0 spiro atoms. The SMILES string of the molecule is CCC(O)=C1C(=O)CC(c2c(C)cc(C)c(S(N)(=O)=O)c2C)CC1=O. The van der Waals surface area contributed by atoms with E-state index in [4.69, 9.17) is 5.14 Å². The van der Waals surface area contributed by atoms with Crippen LogP contribution in [0.5, 0.6) is 0 Å². The van der Waals surface area contributed by atoms with Crippen molar-refractivity contribution in [1.82, 2.24) is 0 Å². The van der Waals surface area contributed by atoms with Crippen molar-refractivity contribution in [3.05, 3.63) is 39.7 Å². The van der Waals surface area contributed by atoms with E-state index >= 15 is 0 Å². The number of hydrogen-bond acceptors (Lipinski definition) is 5. The van der Waals surface area contributed by atoms with Gasteiger partial charge >= 0.3 is 0 Å². The highest BCUT2D eigenvalue weighted by Gasteiger charge is 2.35. The summed E-state index contributed by atoms with van der Waals surface area (Å²) in [6, 6.07) is 1.71. The van der Waals surface area contributed by atoms with Crippen LogP contribution in [0.1, 0.15) is 54.4 Å². The number of ketones is 2. The third-order valence-electron chi connectivity index (χ3n) is 4.70. The zero-order valence-electron chi connectivity index (χ0n) is 14.8. The van der Waals surface area contributed by atoms with Crippen molar-refractivity contribution >= 4 is 21.6 Å². The molecule has 0 aliphatic heterocycles. The molecule has 1 aromatic carbocycles. The normalized spacial score (nSPS) is 18.6. The summed E-state index contributed by atoms with van der Waals surface area (Å²) in [5.41, 5.74) is 2.40. The Morgan fingerprint density at radius 2 is 1.68 bits per heavy atom. The van der Waals surface area contributed by atoms with Crippen molar-refractivity contribution in [2.45, 2.75) is 57.8 Å². The fraction of sp³-hybridized carbons (Fsp3) is 0.444. The molecule has 0 amide bonds. The highest BCUT2D eigenvalue weighted by molar-refractivity contribution is 7.89. The van der Waals surface area contributed by atoms with Gasteiger partial charge < -0.3 is 5.11 Å². The maximum atomic E-state index is 12.4.